The second kappa shape index (κ2) is 13.5. The van der Waals surface area contributed by atoms with Gasteiger partial charge in [0.25, 0.3) is 0 Å². The van der Waals surface area contributed by atoms with E-state index in [1.54, 1.807) is 38.1 Å². The van der Waals surface area contributed by atoms with Crippen LogP contribution in [0.2, 0.25) is 5.02 Å². The zero-order valence-corrected chi connectivity index (χ0v) is 26.4. The quantitative estimate of drug-likeness (QED) is 0.173. The van der Waals surface area contributed by atoms with E-state index >= 15 is 0 Å². The highest BCUT2D eigenvalue weighted by atomic mass is 35.5. The van der Waals surface area contributed by atoms with Gasteiger partial charge in [0.15, 0.2) is 17.2 Å². The third-order valence-corrected chi connectivity index (χ3v) is 9.16. The lowest BCUT2D eigenvalue weighted by Gasteiger charge is -2.49. The van der Waals surface area contributed by atoms with Gasteiger partial charge < -0.3 is 28.8 Å². The molecule has 46 heavy (non-hydrogen) atoms. The maximum absolute atomic E-state index is 14.7. The predicted molar refractivity (Wildman–Crippen MR) is 170 cm³/mol. The van der Waals surface area contributed by atoms with Crippen LogP contribution in [-0.2, 0) is 49.2 Å². The molecule has 4 aromatic carbocycles. The lowest BCUT2D eigenvalue weighted by Crippen LogP contribution is -2.64. The van der Waals surface area contributed by atoms with E-state index < -0.39 is 41.3 Å². The molecule has 240 valence electrons. The molecule has 0 aromatic heterocycles. The van der Waals surface area contributed by atoms with Crippen molar-refractivity contribution in [2.45, 2.75) is 57.1 Å². The summed E-state index contributed by atoms with van der Waals surface area (Å²) in [5.41, 5.74) is 2.06. The minimum atomic E-state index is -1.69. The summed E-state index contributed by atoms with van der Waals surface area (Å²) in [4.78, 5) is 12.9. The molecule has 7 nitrogen and oxygen atoms in total. The van der Waals surface area contributed by atoms with E-state index in [4.69, 9.17) is 35.3 Å². The van der Waals surface area contributed by atoms with Crippen molar-refractivity contribution in [3.63, 3.8) is 0 Å². The average molecular weight is 647 g/mol. The molecule has 0 spiro atoms. The Kier molecular flexibility index (Phi) is 9.45. The molecule has 2 aliphatic rings. The predicted octanol–water partition coefficient (Wildman–Crippen LogP) is 7.31. The first-order valence-corrected chi connectivity index (χ1v) is 15.7. The van der Waals surface area contributed by atoms with Gasteiger partial charge >= 0.3 is 5.97 Å². The molecule has 0 saturated carbocycles. The molecule has 0 unspecified atom stereocenters. The van der Waals surface area contributed by atoms with Crippen LogP contribution >= 0.6 is 11.6 Å². The van der Waals surface area contributed by atoms with Gasteiger partial charge in [-0.25, -0.2) is 9.18 Å². The molecule has 9 heteroatoms. The first-order valence-electron chi connectivity index (χ1n) is 15.3. The van der Waals surface area contributed by atoms with E-state index in [9.17, 15) is 14.3 Å². The summed E-state index contributed by atoms with van der Waals surface area (Å²) in [5, 5.41) is 11.0. The summed E-state index contributed by atoms with van der Waals surface area (Å²) in [7, 11) is 0. The van der Waals surface area contributed by atoms with Crippen LogP contribution < -0.4 is 4.74 Å². The van der Waals surface area contributed by atoms with E-state index in [-0.39, 0.29) is 25.6 Å². The molecule has 4 aromatic rings. The number of hydrogen-bond donors (Lipinski definition) is 1. The maximum atomic E-state index is 14.7. The van der Waals surface area contributed by atoms with Gasteiger partial charge in [0.05, 0.1) is 32.5 Å². The molecule has 0 amide bonds. The average Bonchev–Trinajstić information content (AvgIpc) is 3.45. The topological polar surface area (TPSA) is 83.5 Å². The third kappa shape index (κ3) is 6.16. The highest BCUT2D eigenvalue weighted by molar-refractivity contribution is 6.31. The minimum absolute atomic E-state index is 0.180. The van der Waals surface area contributed by atoms with Crippen LogP contribution in [0, 0.1) is 11.7 Å². The molecule has 0 radical (unpaired) electrons. The first kappa shape index (κ1) is 32.2. The summed E-state index contributed by atoms with van der Waals surface area (Å²) in [5.74, 6) is -3.70. The van der Waals surface area contributed by atoms with Crippen molar-refractivity contribution < 1.29 is 38.0 Å². The lowest BCUT2D eigenvalue weighted by molar-refractivity contribution is -0.330. The Morgan fingerprint density at radius 3 is 2.24 bits per heavy atom. The number of hydrogen-bond acceptors (Lipinski definition) is 6. The van der Waals surface area contributed by atoms with Gasteiger partial charge in [-0.2, -0.15) is 0 Å². The largest absolute Gasteiger partial charge is 0.491 e. The highest BCUT2D eigenvalue weighted by Crippen LogP contribution is 2.54. The zero-order chi connectivity index (χ0) is 32.3. The van der Waals surface area contributed by atoms with Crippen molar-refractivity contribution in [2.24, 2.45) is 5.92 Å². The van der Waals surface area contributed by atoms with Crippen LogP contribution in [0.15, 0.2) is 97.1 Å². The van der Waals surface area contributed by atoms with Crippen molar-refractivity contribution in [2.75, 3.05) is 13.2 Å². The number of carboxylic acids is 1. The van der Waals surface area contributed by atoms with Crippen molar-refractivity contribution in [3.05, 3.63) is 136 Å². The third-order valence-electron chi connectivity index (χ3n) is 8.79. The summed E-state index contributed by atoms with van der Waals surface area (Å²) in [6.45, 7) is 4.19. The molecule has 2 bridgehead atoms. The minimum Gasteiger partial charge on any atom is -0.491 e. The van der Waals surface area contributed by atoms with Crippen LogP contribution in [0.3, 0.4) is 0 Å². The smallest absolute Gasteiger partial charge is 0.338 e. The maximum Gasteiger partial charge on any atom is 0.338 e. The van der Waals surface area contributed by atoms with Crippen LogP contribution in [0.5, 0.6) is 5.75 Å². The fraction of sp³-hybridized carbons (Fsp3) is 0.324. The van der Waals surface area contributed by atoms with Crippen molar-refractivity contribution in [1.29, 1.82) is 0 Å². The van der Waals surface area contributed by atoms with E-state index in [0.717, 1.165) is 11.1 Å². The molecule has 0 aliphatic carbocycles. The monoisotopic (exact) mass is 646 g/mol. The summed E-state index contributed by atoms with van der Waals surface area (Å²) >= 11 is 6.68. The normalized spacial score (nSPS) is 25.3. The van der Waals surface area contributed by atoms with E-state index in [1.807, 2.05) is 66.7 Å². The van der Waals surface area contributed by atoms with Crippen molar-refractivity contribution >= 4 is 17.6 Å². The number of carboxylic acid groups (broad SMARTS) is 1. The standard InChI is InChI=1S/C37H36ClFO7/c1-3-42-32-17-14-27(19-31(32)39)18-28-20-29(15-16-30(28)38)37-34(44-22-26-12-8-5-9-13-26)33(43-21-25-10-6-4-7-11-25)24(2)36(46-37,23-45-37)35(40)41/h4-17,19-20,24,33-34H,3,18,21-23H2,1-2H3,(H,40,41)/t24-,33-,34+,36-,37-/m0/s1. The number of ether oxygens (including phenoxy) is 5. The van der Waals surface area contributed by atoms with Crippen LogP contribution in [0.4, 0.5) is 4.39 Å². The van der Waals surface area contributed by atoms with E-state index in [1.165, 1.54) is 6.07 Å². The first-order chi connectivity index (χ1) is 22.3. The number of aliphatic carboxylic acids is 1. The SMILES string of the molecule is CCOc1ccc(Cc2cc([C@]34OC[C@](C(=O)O)(O3)[C@@H](C)[C@H](OCc3ccccc3)[C@H]4OCc3ccccc3)ccc2Cl)cc1F. The van der Waals surface area contributed by atoms with Gasteiger partial charge in [0, 0.05) is 16.5 Å². The van der Waals surface area contributed by atoms with E-state index in [0.29, 0.717) is 34.7 Å². The fourth-order valence-corrected chi connectivity index (χ4v) is 6.48. The highest BCUT2D eigenvalue weighted by Gasteiger charge is 2.70. The van der Waals surface area contributed by atoms with Crippen LogP contribution in [0.1, 0.15) is 41.7 Å². The zero-order valence-electron chi connectivity index (χ0n) is 25.7. The number of carbonyl (C=O) groups is 1. The van der Waals surface area contributed by atoms with Gasteiger partial charge in [0.2, 0.25) is 5.79 Å². The fourth-order valence-electron chi connectivity index (χ4n) is 6.30. The molecular formula is C37H36ClFO7. The van der Waals surface area contributed by atoms with Gasteiger partial charge in [-0.05, 0) is 59.9 Å². The lowest BCUT2D eigenvalue weighted by atomic mass is 9.77. The van der Waals surface area contributed by atoms with Gasteiger partial charge in [0.1, 0.15) is 6.10 Å². The van der Waals surface area contributed by atoms with Crippen LogP contribution in [-0.4, -0.2) is 42.1 Å². The summed E-state index contributed by atoms with van der Waals surface area (Å²) in [6.07, 6.45) is -1.29. The molecule has 5 atom stereocenters. The van der Waals surface area contributed by atoms with Crippen LogP contribution in [0.25, 0.3) is 0 Å². The van der Waals surface area contributed by atoms with E-state index in [2.05, 4.69) is 0 Å². The second-order valence-corrected chi connectivity index (χ2v) is 12.1. The Labute approximate surface area is 272 Å². The van der Waals surface area contributed by atoms with Gasteiger partial charge in [-0.1, -0.05) is 91.3 Å². The Balaban J connectivity index is 1.40. The molecule has 2 aliphatic heterocycles. The summed E-state index contributed by atoms with van der Waals surface area (Å²) < 4.78 is 46.3. The summed E-state index contributed by atoms with van der Waals surface area (Å²) in [6, 6.07) is 29.4. The Hall–Kier alpha value is -3.79. The van der Waals surface area contributed by atoms with Crippen molar-refractivity contribution in [1.82, 2.24) is 0 Å². The van der Waals surface area contributed by atoms with Gasteiger partial charge in [-0.15, -0.1) is 0 Å². The molecule has 1 N–H and O–H groups in total. The number of fused-ring (bicyclic) bond motifs is 2. The Bertz CT molecular complexity index is 1670. The second-order valence-electron chi connectivity index (χ2n) is 11.7. The molecule has 6 rings (SSSR count). The molecule has 2 fully saturated rings. The Morgan fingerprint density at radius 1 is 0.935 bits per heavy atom. The van der Waals surface area contributed by atoms with Crippen molar-refractivity contribution in [3.8, 4) is 5.75 Å². The number of halogens is 2. The van der Waals surface area contributed by atoms with Gasteiger partial charge in [-0.3, -0.25) is 0 Å². The Morgan fingerprint density at radius 2 is 1.61 bits per heavy atom. The number of rotatable bonds is 12. The molecule has 2 heterocycles. The molecular weight excluding hydrogens is 611 g/mol. The molecule has 2 saturated heterocycles. The number of benzene rings is 4.